The molecule has 0 saturated heterocycles. The Hall–Kier alpha value is -3.97. The number of phenolic OH excluding ortho intramolecular Hbond substituents is 2. The van der Waals surface area contributed by atoms with Gasteiger partial charge in [0.25, 0.3) is 5.91 Å². The van der Waals surface area contributed by atoms with Crippen molar-refractivity contribution in [2.24, 2.45) is 0 Å². The van der Waals surface area contributed by atoms with Gasteiger partial charge in [0.2, 0.25) is 0 Å². The molecule has 0 bridgehead atoms. The van der Waals surface area contributed by atoms with E-state index >= 15 is 0 Å². The first-order valence-corrected chi connectivity index (χ1v) is 10.1. The molecule has 2 aromatic carbocycles. The van der Waals surface area contributed by atoms with Gasteiger partial charge in [0.15, 0.2) is 5.15 Å². The van der Waals surface area contributed by atoms with Crippen molar-refractivity contribution in [1.29, 1.82) is 0 Å². The van der Waals surface area contributed by atoms with E-state index in [0.29, 0.717) is 16.5 Å². The van der Waals surface area contributed by atoms with Crippen LogP contribution in [0.4, 0.5) is 5.69 Å². The zero-order chi connectivity index (χ0) is 22.7. The molecule has 0 unspecified atom stereocenters. The van der Waals surface area contributed by atoms with E-state index in [-0.39, 0.29) is 23.6 Å². The van der Waals surface area contributed by atoms with Crippen molar-refractivity contribution in [3.63, 3.8) is 0 Å². The third kappa shape index (κ3) is 4.53. The lowest BCUT2D eigenvalue weighted by Gasteiger charge is -2.24. The molecule has 7 nitrogen and oxygen atoms in total. The van der Waals surface area contributed by atoms with E-state index < -0.39 is 5.91 Å². The predicted octanol–water partition coefficient (Wildman–Crippen LogP) is 4.76. The third-order valence-electron chi connectivity index (χ3n) is 4.93. The maximum absolute atomic E-state index is 13.4. The van der Waals surface area contributed by atoms with E-state index in [9.17, 15) is 15.0 Å². The molecule has 4 rings (SSSR count). The Bertz CT molecular complexity index is 1260. The number of hydrogen-bond acceptors (Lipinski definition) is 6. The van der Waals surface area contributed by atoms with Gasteiger partial charge in [0.1, 0.15) is 11.5 Å². The molecule has 8 heteroatoms. The molecule has 0 radical (unpaired) electrons. The van der Waals surface area contributed by atoms with E-state index in [0.717, 1.165) is 22.8 Å². The number of benzene rings is 2. The molecule has 160 valence electrons. The lowest BCUT2D eigenvalue weighted by atomic mass is 10.1. The monoisotopic (exact) mass is 446 g/mol. The molecule has 0 aliphatic carbocycles. The Morgan fingerprint density at radius 2 is 1.81 bits per heavy atom. The number of rotatable bonds is 5. The molecule has 2 heterocycles. The summed E-state index contributed by atoms with van der Waals surface area (Å²) in [5.74, 6) is -0.835. The number of aromatic nitrogens is 3. The van der Waals surface area contributed by atoms with Crippen molar-refractivity contribution in [2.75, 3.05) is 4.90 Å². The van der Waals surface area contributed by atoms with E-state index in [1.807, 2.05) is 25.1 Å². The van der Waals surface area contributed by atoms with Gasteiger partial charge >= 0.3 is 0 Å². The summed E-state index contributed by atoms with van der Waals surface area (Å²) in [6, 6.07) is 16.6. The summed E-state index contributed by atoms with van der Waals surface area (Å²) >= 11 is 5.90. The van der Waals surface area contributed by atoms with Crippen LogP contribution >= 0.6 is 11.6 Å². The average molecular weight is 447 g/mol. The number of hydrogen-bond donors (Lipinski definition) is 2. The van der Waals surface area contributed by atoms with Gasteiger partial charge in [-0.1, -0.05) is 29.8 Å². The second-order valence-corrected chi connectivity index (χ2v) is 7.59. The third-order valence-corrected chi connectivity index (χ3v) is 5.11. The smallest absolute Gasteiger partial charge is 0.262 e. The summed E-state index contributed by atoms with van der Waals surface area (Å²) in [6.07, 6.45) is 3.34. The highest BCUT2D eigenvalue weighted by atomic mass is 35.5. The lowest BCUT2D eigenvalue weighted by Crippen LogP contribution is -2.30. The molecule has 1 amide bonds. The number of carbonyl (C=O) groups excluding carboxylic acids is 1. The first kappa shape index (κ1) is 21.3. The Labute approximate surface area is 189 Å². The number of nitrogens with zero attached hydrogens (tertiary/aromatic N) is 4. The molecule has 4 aromatic rings. The van der Waals surface area contributed by atoms with Crippen LogP contribution in [0.15, 0.2) is 73.1 Å². The fraction of sp³-hybridized carbons (Fsp3) is 0.0833. The zero-order valence-corrected chi connectivity index (χ0v) is 17.9. The fourth-order valence-corrected chi connectivity index (χ4v) is 3.54. The number of aromatic hydroxyl groups is 2. The molecule has 32 heavy (non-hydrogen) atoms. The summed E-state index contributed by atoms with van der Waals surface area (Å²) in [5, 5.41) is 28.2. The minimum Gasteiger partial charge on any atom is -0.508 e. The average Bonchev–Trinajstić information content (AvgIpc) is 2.78. The summed E-state index contributed by atoms with van der Waals surface area (Å²) < 4.78 is 0. The van der Waals surface area contributed by atoms with Crippen LogP contribution in [0.25, 0.3) is 11.3 Å². The van der Waals surface area contributed by atoms with Crippen molar-refractivity contribution in [2.45, 2.75) is 13.5 Å². The zero-order valence-electron chi connectivity index (χ0n) is 17.1. The van der Waals surface area contributed by atoms with Crippen molar-refractivity contribution in [1.82, 2.24) is 15.2 Å². The molecular formula is C24H19ClN4O3. The van der Waals surface area contributed by atoms with Crippen LogP contribution in [0.5, 0.6) is 11.5 Å². The fourth-order valence-electron chi connectivity index (χ4n) is 3.34. The molecule has 0 aliphatic rings. The number of amides is 1. The molecule has 0 saturated carbocycles. The van der Waals surface area contributed by atoms with Gasteiger partial charge in [-0.3, -0.25) is 9.78 Å². The largest absolute Gasteiger partial charge is 0.508 e. The van der Waals surface area contributed by atoms with E-state index in [1.165, 1.54) is 17.0 Å². The second kappa shape index (κ2) is 9.03. The van der Waals surface area contributed by atoms with E-state index in [2.05, 4.69) is 15.2 Å². The Kier molecular flexibility index (Phi) is 6.00. The number of halogens is 1. The van der Waals surface area contributed by atoms with Crippen LogP contribution in [0.2, 0.25) is 5.15 Å². The minimum absolute atomic E-state index is 0.0789. The van der Waals surface area contributed by atoms with Crippen molar-refractivity contribution < 1.29 is 15.0 Å². The Morgan fingerprint density at radius 1 is 1.03 bits per heavy atom. The molecule has 2 N–H and O–H groups in total. The molecule has 0 atom stereocenters. The number of phenols is 2. The number of anilines is 1. The highest BCUT2D eigenvalue weighted by Crippen LogP contribution is 2.29. The van der Waals surface area contributed by atoms with Gasteiger partial charge < -0.3 is 15.1 Å². The second-order valence-electron chi connectivity index (χ2n) is 7.20. The van der Waals surface area contributed by atoms with Crippen LogP contribution < -0.4 is 4.90 Å². The van der Waals surface area contributed by atoms with Gasteiger partial charge in [-0.25, -0.2) is 0 Å². The van der Waals surface area contributed by atoms with Gasteiger partial charge in [0.05, 0.1) is 17.8 Å². The summed E-state index contributed by atoms with van der Waals surface area (Å²) in [6.45, 7) is 2.14. The van der Waals surface area contributed by atoms with Crippen molar-refractivity contribution in [3.05, 3.63) is 94.9 Å². The van der Waals surface area contributed by atoms with E-state index in [4.69, 9.17) is 11.6 Å². The summed E-state index contributed by atoms with van der Waals surface area (Å²) in [4.78, 5) is 19.0. The van der Waals surface area contributed by atoms with Crippen LogP contribution in [0.3, 0.4) is 0 Å². The molecular weight excluding hydrogens is 428 g/mol. The maximum atomic E-state index is 13.4. The predicted molar refractivity (Wildman–Crippen MR) is 122 cm³/mol. The first-order chi connectivity index (χ1) is 15.4. The quantitative estimate of drug-likeness (QED) is 0.458. The SMILES string of the molecule is Cc1cc(Cl)nnc1-c1ccc(N(Cc2cccnc2)C(=O)c2ccc(O)cc2O)cc1. The van der Waals surface area contributed by atoms with Gasteiger partial charge in [-0.05, 0) is 54.4 Å². The van der Waals surface area contributed by atoms with Gasteiger partial charge in [0, 0.05) is 29.7 Å². The maximum Gasteiger partial charge on any atom is 0.262 e. The first-order valence-electron chi connectivity index (χ1n) is 9.75. The molecule has 2 aromatic heterocycles. The van der Waals surface area contributed by atoms with Crippen LogP contribution in [0.1, 0.15) is 21.5 Å². The van der Waals surface area contributed by atoms with Gasteiger partial charge in [-0.15, -0.1) is 10.2 Å². The van der Waals surface area contributed by atoms with Gasteiger partial charge in [-0.2, -0.15) is 0 Å². The summed E-state index contributed by atoms with van der Waals surface area (Å²) in [7, 11) is 0. The van der Waals surface area contributed by atoms with Crippen LogP contribution in [0, 0.1) is 6.92 Å². The highest BCUT2D eigenvalue weighted by Gasteiger charge is 2.22. The Morgan fingerprint density at radius 3 is 2.47 bits per heavy atom. The molecule has 0 fully saturated rings. The standard InChI is InChI=1S/C24H19ClN4O3/c1-15-11-22(25)27-28-23(15)17-4-6-18(7-5-17)29(14-16-3-2-10-26-13-16)24(32)20-9-8-19(30)12-21(20)31/h2-13,30-31H,14H2,1H3. The van der Waals surface area contributed by atoms with Crippen molar-refractivity contribution >= 4 is 23.2 Å². The number of pyridine rings is 1. The highest BCUT2D eigenvalue weighted by molar-refractivity contribution is 6.29. The Balaban J connectivity index is 1.71. The minimum atomic E-state index is -0.415. The summed E-state index contributed by atoms with van der Waals surface area (Å²) in [5.41, 5.74) is 3.93. The number of carbonyl (C=O) groups is 1. The lowest BCUT2D eigenvalue weighted by molar-refractivity contribution is 0.0982. The number of aryl methyl sites for hydroxylation is 1. The molecule has 0 spiro atoms. The topological polar surface area (TPSA) is 99.4 Å². The van der Waals surface area contributed by atoms with Crippen LogP contribution in [-0.4, -0.2) is 31.3 Å². The van der Waals surface area contributed by atoms with Crippen molar-refractivity contribution in [3.8, 4) is 22.8 Å². The van der Waals surface area contributed by atoms with E-state index in [1.54, 1.807) is 36.7 Å². The normalized spacial score (nSPS) is 10.7. The van der Waals surface area contributed by atoms with Crippen LogP contribution in [-0.2, 0) is 6.54 Å². The molecule has 0 aliphatic heterocycles.